The highest BCUT2D eigenvalue weighted by Crippen LogP contribution is 2.36. The largest absolute Gasteiger partial charge is 0.480 e. The van der Waals surface area contributed by atoms with Crippen LogP contribution in [0.15, 0.2) is 35.3 Å². The molecule has 0 aliphatic carbocycles. The van der Waals surface area contributed by atoms with Gasteiger partial charge in [-0.1, -0.05) is 44.2 Å². The summed E-state index contributed by atoms with van der Waals surface area (Å²) in [5, 5.41) is 9.29. The first-order chi connectivity index (χ1) is 8.62. The van der Waals surface area contributed by atoms with Crippen LogP contribution in [0.4, 0.5) is 0 Å². The number of carbonyl (C=O) groups is 1. The molecule has 1 atom stereocenters. The zero-order valence-corrected chi connectivity index (χ0v) is 10.6. The van der Waals surface area contributed by atoms with Gasteiger partial charge in [0, 0.05) is 5.41 Å². The normalized spacial score (nSPS) is 12.6. The molecule has 0 aromatic heterocycles. The van der Waals surface area contributed by atoms with Crippen molar-refractivity contribution in [2.75, 3.05) is 0 Å². The van der Waals surface area contributed by atoms with E-state index >= 15 is 0 Å². The van der Waals surface area contributed by atoms with Gasteiger partial charge in [-0.15, -0.1) is 0 Å². The summed E-state index contributed by atoms with van der Waals surface area (Å²) in [4.78, 5) is 25.3. The maximum Gasteiger partial charge on any atom is 0.330 e. The molecule has 0 amide bonds. The van der Waals surface area contributed by atoms with E-state index in [1.165, 1.54) is 6.08 Å². The zero-order valence-electron chi connectivity index (χ0n) is 10.6. The van der Waals surface area contributed by atoms with Crippen LogP contribution in [-0.4, -0.2) is 23.2 Å². The van der Waals surface area contributed by atoms with Crippen LogP contribution in [0.2, 0.25) is 0 Å². The summed E-state index contributed by atoms with van der Waals surface area (Å²) in [5.74, 6) is -1.09. The third kappa shape index (κ3) is 2.49. The van der Waals surface area contributed by atoms with E-state index in [1.807, 2.05) is 44.2 Å². The lowest BCUT2D eigenvalue weighted by Crippen LogP contribution is -2.42. The number of carboxylic acids is 1. The fourth-order valence-corrected chi connectivity index (χ4v) is 2.44. The van der Waals surface area contributed by atoms with Crippen LogP contribution < -0.4 is 0 Å². The lowest BCUT2D eigenvalue weighted by molar-refractivity contribution is -0.140. The number of aliphatic imine (C=N–C) groups is 1. The van der Waals surface area contributed by atoms with Crippen molar-refractivity contribution < 1.29 is 14.7 Å². The molecule has 0 spiro atoms. The lowest BCUT2D eigenvalue weighted by Gasteiger charge is -2.34. The molecule has 0 aliphatic heterocycles. The molecule has 0 saturated heterocycles. The molecule has 1 N–H and O–H groups in total. The SMILES string of the molecule is CCC(CC)(c1ccccc1)C(N=C=O)C(=O)O. The van der Waals surface area contributed by atoms with Crippen LogP contribution in [0, 0.1) is 0 Å². The molecular weight excluding hydrogens is 230 g/mol. The monoisotopic (exact) mass is 247 g/mol. The maximum absolute atomic E-state index is 11.4. The molecule has 18 heavy (non-hydrogen) atoms. The Kier molecular flexibility index (Phi) is 4.81. The van der Waals surface area contributed by atoms with Crippen molar-refractivity contribution in [3.8, 4) is 0 Å². The minimum absolute atomic E-state index is 0.593. The van der Waals surface area contributed by atoms with Gasteiger partial charge in [0.25, 0.3) is 0 Å². The van der Waals surface area contributed by atoms with Gasteiger partial charge in [-0.2, -0.15) is 4.99 Å². The van der Waals surface area contributed by atoms with Crippen LogP contribution >= 0.6 is 0 Å². The quantitative estimate of drug-likeness (QED) is 0.620. The number of aliphatic carboxylic acids is 1. The fraction of sp³-hybridized carbons (Fsp3) is 0.429. The molecule has 4 nitrogen and oxygen atoms in total. The number of carboxylic acid groups (broad SMARTS) is 1. The molecular formula is C14H17NO3. The molecule has 0 saturated carbocycles. The summed E-state index contributed by atoms with van der Waals surface area (Å²) >= 11 is 0. The number of carbonyl (C=O) groups excluding carboxylic acids is 1. The first kappa shape index (κ1) is 14.1. The van der Waals surface area contributed by atoms with Crippen LogP contribution in [0.1, 0.15) is 32.3 Å². The van der Waals surface area contributed by atoms with Crippen molar-refractivity contribution in [2.45, 2.75) is 38.1 Å². The summed E-state index contributed by atoms with van der Waals surface area (Å²) in [6.07, 6.45) is 2.57. The fourth-order valence-electron chi connectivity index (χ4n) is 2.44. The topological polar surface area (TPSA) is 66.7 Å². The van der Waals surface area contributed by atoms with E-state index in [0.29, 0.717) is 12.8 Å². The number of rotatable bonds is 6. The second-order valence-electron chi connectivity index (χ2n) is 4.19. The van der Waals surface area contributed by atoms with E-state index in [9.17, 15) is 14.7 Å². The Morgan fingerprint density at radius 2 is 1.89 bits per heavy atom. The van der Waals surface area contributed by atoms with Gasteiger partial charge in [0.05, 0.1) is 0 Å². The minimum Gasteiger partial charge on any atom is -0.480 e. The van der Waals surface area contributed by atoms with Gasteiger partial charge in [-0.3, -0.25) is 0 Å². The van der Waals surface area contributed by atoms with E-state index in [1.54, 1.807) is 0 Å². The number of isocyanates is 1. The van der Waals surface area contributed by atoms with Crippen molar-refractivity contribution in [1.29, 1.82) is 0 Å². The van der Waals surface area contributed by atoms with Gasteiger partial charge in [-0.25, -0.2) is 9.59 Å². The van der Waals surface area contributed by atoms with Crippen LogP contribution in [0.3, 0.4) is 0 Å². The Hall–Kier alpha value is -1.93. The van der Waals surface area contributed by atoms with Crippen molar-refractivity contribution in [2.24, 2.45) is 4.99 Å². The van der Waals surface area contributed by atoms with Gasteiger partial charge in [0.2, 0.25) is 6.08 Å². The van der Waals surface area contributed by atoms with Gasteiger partial charge in [0.1, 0.15) is 0 Å². The molecule has 4 heteroatoms. The van der Waals surface area contributed by atoms with E-state index in [2.05, 4.69) is 4.99 Å². The molecule has 1 rings (SSSR count). The molecule has 1 aromatic carbocycles. The third-order valence-electron chi connectivity index (χ3n) is 3.55. The number of benzene rings is 1. The Morgan fingerprint density at radius 3 is 2.28 bits per heavy atom. The zero-order chi connectivity index (χ0) is 13.6. The van der Waals surface area contributed by atoms with Gasteiger partial charge >= 0.3 is 5.97 Å². The number of nitrogens with zero attached hydrogens (tertiary/aromatic N) is 1. The predicted octanol–water partition coefficient (Wildman–Crippen LogP) is 2.53. The second-order valence-corrected chi connectivity index (χ2v) is 4.19. The number of hydrogen-bond donors (Lipinski definition) is 1. The summed E-state index contributed by atoms with van der Waals surface area (Å²) in [5.41, 5.74) is 0.228. The van der Waals surface area contributed by atoms with E-state index < -0.39 is 17.4 Å². The van der Waals surface area contributed by atoms with Crippen molar-refractivity contribution >= 4 is 12.0 Å². The van der Waals surface area contributed by atoms with Crippen LogP contribution in [0.25, 0.3) is 0 Å². The highest BCUT2D eigenvalue weighted by Gasteiger charge is 2.42. The molecule has 0 heterocycles. The first-order valence-electron chi connectivity index (χ1n) is 5.97. The molecule has 0 fully saturated rings. The maximum atomic E-state index is 11.4. The van der Waals surface area contributed by atoms with E-state index in [-0.39, 0.29) is 0 Å². The molecule has 0 radical (unpaired) electrons. The first-order valence-corrected chi connectivity index (χ1v) is 5.97. The summed E-state index contributed by atoms with van der Waals surface area (Å²) in [6.45, 7) is 3.82. The predicted molar refractivity (Wildman–Crippen MR) is 68.2 cm³/mol. The Balaban J connectivity index is 3.38. The number of hydrogen-bond acceptors (Lipinski definition) is 3. The molecule has 0 bridgehead atoms. The van der Waals surface area contributed by atoms with Crippen LogP contribution in [0.5, 0.6) is 0 Å². The Labute approximate surface area is 106 Å². The third-order valence-corrected chi connectivity index (χ3v) is 3.55. The summed E-state index contributed by atoms with van der Waals surface area (Å²) < 4.78 is 0. The standard InChI is InChI=1S/C14H17NO3/c1-3-14(4-2,11-8-6-5-7-9-11)12(13(17)18)15-10-16/h5-9,12H,3-4H2,1-2H3,(H,17,18). The van der Waals surface area contributed by atoms with Gasteiger partial charge in [0.15, 0.2) is 6.04 Å². The Morgan fingerprint density at radius 1 is 1.33 bits per heavy atom. The second kappa shape index (κ2) is 6.12. The average molecular weight is 247 g/mol. The average Bonchev–Trinajstić information content (AvgIpc) is 2.40. The molecule has 0 aliphatic rings. The van der Waals surface area contributed by atoms with Crippen molar-refractivity contribution in [1.82, 2.24) is 0 Å². The highest BCUT2D eigenvalue weighted by molar-refractivity contribution is 5.77. The smallest absolute Gasteiger partial charge is 0.330 e. The van der Waals surface area contributed by atoms with E-state index in [4.69, 9.17) is 0 Å². The molecule has 96 valence electrons. The Bertz CT molecular complexity index is 443. The molecule has 1 unspecified atom stereocenters. The lowest BCUT2D eigenvalue weighted by atomic mass is 9.70. The highest BCUT2D eigenvalue weighted by atomic mass is 16.4. The van der Waals surface area contributed by atoms with Crippen LogP contribution in [-0.2, 0) is 15.0 Å². The van der Waals surface area contributed by atoms with Gasteiger partial charge in [-0.05, 0) is 18.4 Å². The van der Waals surface area contributed by atoms with Crippen molar-refractivity contribution in [3.63, 3.8) is 0 Å². The van der Waals surface area contributed by atoms with E-state index in [0.717, 1.165) is 5.56 Å². The van der Waals surface area contributed by atoms with Crippen molar-refractivity contribution in [3.05, 3.63) is 35.9 Å². The van der Waals surface area contributed by atoms with Gasteiger partial charge < -0.3 is 5.11 Å². The summed E-state index contributed by atoms with van der Waals surface area (Å²) in [6, 6.07) is 8.26. The molecule has 1 aromatic rings. The summed E-state index contributed by atoms with van der Waals surface area (Å²) in [7, 11) is 0. The minimum atomic E-state index is -1.09.